The Balaban J connectivity index is 2.25. The molecule has 1 aromatic carbocycles. The number of hydrogen-bond donors (Lipinski definition) is 1. The van der Waals surface area contributed by atoms with Gasteiger partial charge in [-0.15, -0.1) is 0 Å². The number of pyridine rings is 1. The van der Waals surface area contributed by atoms with Crippen LogP contribution in [-0.2, 0) is 0 Å². The van der Waals surface area contributed by atoms with Crippen LogP contribution in [0.4, 0.5) is 11.4 Å². The molecule has 0 saturated heterocycles. The van der Waals surface area contributed by atoms with E-state index in [0.717, 1.165) is 5.56 Å². The minimum absolute atomic E-state index is 0.0451. The maximum atomic E-state index is 10.9. The fourth-order valence-electron chi connectivity index (χ4n) is 1.83. The molecule has 20 heavy (non-hydrogen) atoms. The van der Waals surface area contributed by atoms with Crippen LogP contribution in [0.2, 0.25) is 0 Å². The van der Waals surface area contributed by atoms with Gasteiger partial charge in [0, 0.05) is 24.1 Å². The molecule has 6 nitrogen and oxygen atoms in total. The first-order valence-electron chi connectivity index (χ1n) is 5.97. The molecular formula is C14H12N4O2. The van der Waals surface area contributed by atoms with Crippen molar-refractivity contribution in [3.8, 4) is 6.07 Å². The molecule has 1 N–H and O–H groups in total. The van der Waals surface area contributed by atoms with Crippen LogP contribution >= 0.6 is 0 Å². The predicted octanol–water partition coefficient (Wildman–Crippen LogP) is 3.03. The van der Waals surface area contributed by atoms with E-state index in [1.165, 1.54) is 12.1 Å². The van der Waals surface area contributed by atoms with Crippen LogP contribution < -0.4 is 5.32 Å². The van der Waals surface area contributed by atoms with E-state index in [9.17, 15) is 10.1 Å². The molecule has 0 amide bonds. The maximum Gasteiger partial charge on any atom is 0.289 e. The molecule has 0 radical (unpaired) electrons. The van der Waals surface area contributed by atoms with Crippen LogP contribution in [0, 0.1) is 21.4 Å². The van der Waals surface area contributed by atoms with E-state index < -0.39 is 4.92 Å². The van der Waals surface area contributed by atoms with Gasteiger partial charge in [0.05, 0.1) is 11.0 Å². The number of nitriles is 1. The zero-order valence-corrected chi connectivity index (χ0v) is 10.8. The summed E-state index contributed by atoms with van der Waals surface area (Å²) in [6, 6.07) is 9.97. The van der Waals surface area contributed by atoms with Crippen molar-refractivity contribution in [2.45, 2.75) is 13.0 Å². The first kappa shape index (κ1) is 13.5. The van der Waals surface area contributed by atoms with E-state index in [2.05, 4.69) is 10.3 Å². The molecule has 0 aliphatic rings. The highest BCUT2D eigenvalue weighted by molar-refractivity contribution is 5.59. The summed E-state index contributed by atoms with van der Waals surface area (Å²) in [6.45, 7) is 1.93. The second-order valence-corrected chi connectivity index (χ2v) is 4.25. The molecule has 100 valence electrons. The van der Waals surface area contributed by atoms with Gasteiger partial charge in [0.2, 0.25) is 0 Å². The largest absolute Gasteiger partial charge is 0.378 e. The Morgan fingerprint density at radius 2 is 2.25 bits per heavy atom. The Labute approximate surface area is 115 Å². The summed E-state index contributed by atoms with van der Waals surface area (Å²) in [5.41, 5.74) is 1.41. The first-order valence-corrected chi connectivity index (χ1v) is 5.97. The zero-order chi connectivity index (χ0) is 14.5. The summed E-state index contributed by atoms with van der Waals surface area (Å²) >= 11 is 0. The van der Waals surface area contributed by atoms with Gasteiger partial charge in [-0.3, -0.25) is 15.1 Å². The number of anilines is 1. The van der Waals surface area contributed by atoms with Gasteiger partial charge in [-0.25, -0.2) is 0 Å². The minimum Gasteiger partial charge on any atom is -0.378 e. The third kappa shape index (κ3) is 2.90. The van der Waals surface area contributed by atoms with Crippen molar-refractivity contribution >= 4 is 11.4 Å². The molecular weight excluding hydrogens is 256 g/mol. The molecule has 0 bridgehead atoms. The Morgan fingerprint density at radius 3 is 2.85 bits per heavy atom. The van der Waals surface area contributed by atoms with Gasteiger partial charge >= 0.3 is 0 Å². The molecule has 0 saturated carbocycles. The number of hydrogen-bond acceptors (Lipinski definition) is 5. The molecule has 0 fully saturated rings. The lowest BCUT2D eigenvalue weighted by atomic mass is 10.1. The van der Waals surface area contributed by atoms with Crippen LogP contribution in [0.15, 0.2) is 42.7 Å². The van der Waals surface area contributed by atoms with Crippen LogP contribution in [0.5, 0.6) is 0 Å². The summed E-state index contributed by atoms with van der Waals surface area (Å²) < 4.78 is 0. The summed E-state index contributed by atoms with van der Waals surface area (Å²) in [7, 11) is 0. The Kier molecular flexibility index (Phi) is 3.91. The molecule has 1 unspecified atom stereocenters. The van der Waals surface area contributed by atoms with Crippen molar-refractivity contribution in [1.82, 2.24) is 4.98 Å². The fourth-order valence-corrected chi connectivity index (χ4v) is 1.83. The number of benzene rings is 1. The van der Waals surface area contributed by atoms with Gasteiger partial charge in [-0.1, -0.05) is 6.07 Å². The van der Waals surface area contributed by atoms with Crippen molar-refractivity contribution in [1.29, 1.82) is 5.26 Å². The SMILES string of the molecule is CC(Nc1ccc(C#N)c([N+](=O)[O-])c1)c1cccnc1. The lowest BCUT2D eigenvalue weighted by Gasteiger charge is -2.15. The molecule has 1 heterocycles. The highest BCUT2D eigenvalue weighted by Gasteiger charge is 2.15. The van der Waals surface area contributed by atoms with E-state index in [1.807, 2.05) is 25.1 Å². The Hall–Kier alpha value is -2.94. The number of nitro benzene ring substituents is 1. The van der Waals surface area contributed by atoms with Gasteiger partial charge < -0.3 is 5.32 Å². The first-order chi connectivity index (χ1) is 9.61. The summed E-state index contributed by atoms with van der Waals surface area (Å²) in [6.07, 6.45) is 3.42. The average Bonchev–Trinajstić information content (AvgIpc) is 2.48. The number of aromatic nitrogens is 1. The molecule has 0 spiro atoms. The van der Waals surface area contributed by atoms with E-state index in [-0.39, 0.29) is 17.3 Å². The standard InChI is InChI=1S/C14H12N4O2/c1-10(12-3-2-6-16-9-12)17-13-5-4-11(8-15)14(7-13)18(19)20/h2-7,9-10,17H,1H3. The van der Waals surface area contributed by atoms with E-state index >= 15 is 0 Å². The molecule has 1 atom stereocenters. The number of rotatable bonds is 4. The summed E-state index contributed by atoms with van der Waals surface area (Å²) in [5.74, 6) is 0. The third-order valence-electron chi connectivity index (χ3n) is 2.88. The van der Waals surface area contributed by atoms with Gasteiger partial charge in [0.1, 0.15) is 11.6 Å². The topological polar surface area (TPSA) is 91.8 Å². The number of nitro groups is 1. The number of nitrogens with zero attached hydrogens (tertiary/aromatic N) is 3. The highest BCUT2D eigenvalue weighted by Crippen LogP contribution is 2.25. The van der Waals surface area contributed by atoms with E-state index in [0.29, 0.717) is 5.69 Å². The second kappa shape index (κ2) is 5.80. The van der Waals surface area contributed by atoms with Crippen molar-refractivity contribution in [2.75, 3.05) is 5.32 Å². The van der Waals surface area contributed by atoms with Crippen molar-refractivity contribution < 1.29 is 4.92 Å². The van der Waals surface area contributed by atoms with E-state index in [4.69, 9.17) is 5.26 Å². The molecule has 6 heteroatoms. The monoisotopic (exact) mass is 268 g/mol. The summed E-state index contributed by atoms with van der Waals surface area (Å²) in [4.78, 5) is 14.4. The molecule has 2 aromatic rings. The van der Waals surface area contributed by atoms with E-state index in [1.54, 1.807) is 18.5 Å². The lowest BCUT2D eigenvalue weighted by Crippen LogP contribution is -2.07. The molecule has 0 aliphatic carbocycles. The lowest BCUT2D eigenvalue weighted by molar-refractivity contribution is -0.385. The predicted molar refractivity (Wildman–Crippen MR) is 74.1 cm³/mol. The van der Waals surface area contributed by atoms with Crippen LogP contribution in [0.3, 0.4) is 0 Å². The summed E-state index contributed by atoms with van der Waals surface area (Å²) in [5, 5.41) is 22.9. The van der Waals surface area contributed by atoms with Gasteiger partial charge in [0.15, 0.2) is 0 Å². The number of nitrogens with one attached hydrogen (secondary N) is 1. The second-order valence-electron chi connectivity index (χ2n) is 4.25. The highest BCUT2D eigenvalue weighted by atomic mass is 16.6. The van der Waals surface area contributed by atoms with Crippen molar-refractivity contribution in [2.24, 2.45) is 0 Å². The minimum atomic E-state index is -0.557. The smallest absolute Gasteiger partial charge is 0.289 e. The normalized spacial score (nSPS) is 11.4. The van der Waals surface area contributed by atoms with Crippen LogP contribution in [0.1, 0.15) is 24.1 Å². The van der Waals surface area contributed by atoms with Crippen molar-refractivity contribution in [3.05, 3.63) is 64.0 Å². The Morgan fingerprint density at radius 1 is 1.45 bits per heavy atom. The molecule has 0 aliphatic heterocycles. The van der Waals surface area contributed by atoms with Gasteiger partial charge in [-0.2, -0.15) is 5.26 Å². The van der Waals surface area contributed by atoms with Crippen molar-refractivity contribution in [3.63, 3.8) is 0 Å². The Bertz CT molecular complexity index is 665. The quantitative estimate of drug-likeness (QED) is 0.679. The van der Waals surface area contributed by atoms with Crippen LogP contribution in [0.25, 0.3) is 0 Å². The molecule has 1 aromatic heterocycles. The molecule has 2 rings (SSSR count). The zero-order valence-electron chi connectivity index (χ0n) is 10.8. The maximum absolute atomic E-state index is 10.9. The fraction of sp³-hybridized carbons (Fsp3) is 0.143. The van der Waals surface area contributed by atoms with Gasteiger partial charge in [-0.05, 0) is 30.7 Å². The van der Waals surface area contributed by atoms with Crippen LogP contribution in [-0.4, -0.2) is 9.91 Å². The van der Waals surface area contributed by atoms with Gasteiger partial charge in [0.25, 0.3) is 5.69 Å². The average molecular weight is 268 g/mol. The third-order valence-corrected chi connectivity index (χ3v) is 2.88.